The van der Waals surface area contributed by atoms with Crippen molar-refractivity contribution in [2.75, 3.05) is 0 Å². The van der Waals surface area contributed by atoms with Crippen molar-refractivity contribution in [2.24, 2.45) is 0 Å². The predicted octanol–water partition coefficient (Wildman–Crippen LogP) is 4.17. The average Bonchev–Trinajstić information content (AvgIpc) is 2.81. The maximum absolute atomic E-state index is 5.93. The van der Waals surface area contributed by atoms with Crippen molar-refractivity contribution in [3.05, 3.63) is 53.6 Å². The lowest BCUT2D eigenvalue weighted by atomic mass is 10.0. The molecule has 0 unspecified atom stereocenters. The van der Waals surface area contributed by atoms with Gasteiger partial charge in [-0.3, -0.25) is 0 Å². The molecule has 0 N–H and O–H groups in total. The van der Waals surface area contributed by atoms with E-state index in [0.717, 1.165) is 16.6 Å². The summed E-state index contributed by atoms with van der Waals surface area (Å²) in [6.45, 7) is 4.35. The standard InChI is InChI=1S/C15H14ClN3/c1-10(2)13-8-18-19-9-12(3-4-14(13)19)11-5-6-17-15(16)7-11/h3-10H,1-2H3. The molecule has 96 valence electrons. The molecule has 0 aliphatic carbocycles. The van der Waals surface area contributed by atoms with E-state index in [1.807, 2.05) is 29.0 Å². The number of rotatable bonds is 2. The highest BCUT2D eigenvalue weighted by atomic mass is 35.5. The van der Waals surface area contributed by atoms with Gasteiger partial charge in [0.15, 0.2) is 0 Å². The normalized spacial score (nSPS) is 11.4. The Bertz CT molecular complexity index is 731. The van der Waals surface area contributed by atoms with Gasteiger partial charge in [-0.15, -0.1) is 0 Å². The molecular formula is C15H14ClN3. The van der Waals surface area contributed by atoms with Gasteiger partial charge in [-0.05, 0) is 29.7 Å². The van der Waals surface area contributed by atoms with Gasteiger partial charge < -0.3 is 0 Å². The zero-order valence-corrected chi connectivity index (χ0v) is 11.6. The maximum Gasteiger partial charge on any atom is 0.129 e. The first-order valence-corrected chi connectivity index (χ1v) is 6.62. The van der Waals surface area contributed by atoms with Crippen molar-refractivity contribution < 1.29 is 0 Å². The minimum atomic E-state index is 0.471. The van der Waals surface area contributed by atoms with Crippen LogP contribution in [0.2, 0.25) is 5.15 Å². The van der Waals surface area contributed by atoms with E-state index in [1.165, 1.54) is 5.56 Å². The van der Waals surface area contributed by atoms with Crippen LogP contribution in [0.25, 0.3) is 16.6 Å². The van der Waals surface area contributed by atoms with Crippen molar-refractivity contribution in [3.8, 4) is 11.1 Å². The molecule has 3 heterocycles. The number of fused-ring (bicyclic) bond motifs is 1. The summed E-state index contributed by atoms with van der Waals surface area (Å²) in [7, 11) is 0. The Morgan fingerprint density at radius 1 is 1.16 bits per heavy atom. The number of aromatic nitrogens is 3. The van der Waals surface area contributed by atoms with Crippen LogP contribution in [0.4, 0.5) is 0 Å². The van der Waals surface area contributed by atoms with Crippen LogP contribution in [-0.4, -0.2) is 14.6 Å². The molecule has 0 fully saturated rings. The van der Waals surface area contributed by atoms with Gasteiger partial charge in [0.1, 0.15) is 5.15 Å². The van der Waals surface area contributed by atoms with Crippen LogP contribution >= 0.6 is 11.6 Å². The molecule has 0 bridgehead atoms. The van der Waals surface area contributed by atoms with E-state index in [4.69, 9.17) is 11.6 Å². The number of hydrogen-bond donors (Lipinski definition) is 0. The average molecular weight is 272 g/mol. The summed E-state index contributed by atoms with van der Waals surface area (Å²) in [6.07, 6.45) is 5.67. The maximum atomic E-state index is 5.93. The fourth-order valence-electron chi connectivity index (χ4n) is 2.20. The summed E-state index contributed by atoms with van der Waals surface area (Å²) in [5.74, 6) is 0.471. The third kappa shape index (κ3) is 2.22. The topological polar surface area (TPSA) is 30.2 Å². The van der Waals surface area contributed by atoms with E-state index in [1.54, 1.807) is 6.20 Å². The van der Waals surface area contributed by atoms with Crippen LogP contribution in [0.15, 0.2) is 42.9 Å². The second-order valence-corrected chi connectivity index (χ2v) is 5.26. The molecule has 0 saturated carbocycles. The first-order chi connectivity index (χ1) is 9.15. The fraction of sp³-hybridized carbons (Fsp3) is 0.200. The van der Waals surface area contributed by atoms with Gasteiger partial charge in [-0.2, -0.15) is 5.10 Å². The van der Waals surface area contributed by atoms with Crippen molar-refractivity contribution in [1.29, 1.82) is 0 Å². The first kappa shape index (κ1) is 12.2. The van der Waals surface area contributed by atoms with E-state index in [2.05, 4.69) is 36.1 Å². The molecular weight excluding hydrogens is 258 g/mol. The lowest BCUT2D eigenvalue weighted by Crippen LogP contribution is -1.90. The molecule has 0 atom stereocenters. The van der Waals surface area contributed by atoms with Crippen molar-refractivity contribution in [2.45, 2.75) is 19.8 Å². The molecule has 0 aliphatic heterocycles. The van der Waals surface area contributed by atoms with Crippen LogP contribution < -0.4 is 0 Å². The number of pyridine rings is 2. The molecule has 0 radical (unpaired) electrons. The van der Waals surface area contributed by atoms with E-state index in [9.17, 15) is 0 Å². The molecule has 0 aromatic carbocycles. The van der Waals surface area contributed by atoms with Gasteiger partial charge in [-0.25, -0.2) is 9.50 Å². The van der Waals surface area contributed by atoms with Gasteiger partial charge in [0.2, 0.25) is 0 Å². The van der Waals surface area contributed by atoms with E-state index >= 15 is 0 Å². The van der Waals surface area contributed by atoms with Gasteiger partial charge >= 0.3 is 0 Å². The summed E-state index contributed by atoms with van der Waals surface area (Å²) >= 11 is 5.93. The van der Waals surface area contributed by atoms with Gasteiger partial charge in [-0.1, -0.05) is 31.5 Å². The van der Waals surface area contributed by atoms with Crippen molar-refractivity contribution in [3.63, 3.8) is 0 Å². The SMILES string of the molecule is CC(C)c1cnn2cc(-c3ccnc(Cl)c3)ccc12. The summed E-state index contributed by atoms with van der Waals surface area (Å²) in [5, 5.41) is 4.92. The second-order valence-electron chi connectivity index (χ2n) is 4.87. The van der Waals surface area contributed by atoms with Crippen molar-refractivity contribution >= 4 is 17.1 Å². The van der Waals surface area contributed by atoms with Gasteiger partial charge in [0, 0.05) is 23.5 Å². The van der Waals surface area contributed by atoms with Crippen molar-refractivity contribution in [1.82, 2.24) is 14.6 Å². The molecule has 0 aliphatic rings. The summed E-state index contributed by atoms with van der Waals surface area (Å²) in [4.78, 5) is 4.00. The summed E-state index contributed by atoms with van der Waals surface area (Å²) in [6, 6.07) is 8.00. The Balaban J connectivity index is 2.12. The molecule has 0 spiro atoms. The monoisotopic (exact) mass is 271 g/mol. The molecule has 19 heavy (non-hydrogen) atoms. The lowest BCUT2D eigenvalue weighted by molar-refractivity contribution is 0.875. The molecule has 3 aromatic heterocycles. The minimum absolute atomic E-state index is 0.471. The largest absolute Gasteiger partial charge is 0.245 e. The Labute approximate surface area is 116 Å². The highest BCUT2D eigenvalue weighted by molar-refractivity contribution is 6.29. The molecule has 3 aromatic rings. The molecule has 0 saturated heterocycles. The second kappa shape index (κ2) is 4.67. The highest BCUT2D eigenvalue weighted by Gasteiger charge is 2.08. The number of halogens is 1. The van der Waals surface area contributed by atoms with Crippen LogP contribution in [0.3, 0.4) is 0 Å². The van der Waals surface area contributed by atoms with Crippen LogP contribution in [0.5, 0.6) is 0 Å². The first-order valence-electron chi connectivity index (χ1n) is 6.24. The molecule has 0 amide bonds. The van der Waals surface area contributed by atoms with Crippen LogP contribution in [0.1, 0.15) is 25.3 Å². The summed E-state index contributed by atoms with van der Waals surface area (Å²) < 4.78 is 1.92. The Kier molecular flexibility index (Phi) is 2.99. The van der Waals surface area contributed by atoms with E-state index in [0.29, 0.717) is 11.1 Å². The molecule has 3 rings (SSSR count). The van der Waals surface area contributed by atoms with E-state index in [-0.39, 0.29) is 0 Å². The lowest BCUT2D eigenvalue weighted by Gasteiger charge is -2.05. The van der Waals surface area contributed by atoms with Gasteiger partial charge in [0.25, 0.3) is 0 Å². The van der Waals surface area contributed by atoms with Crippen LogP contribution in [-0.2, 0) is 0 Å². The third-order valence-corrected chi connectivity index (χ3v) is 3.43. The Hall–Kier alpha value is -1.87. The predicted molar refractivity (Wildman–Crippen MR) is 77.5 cm³/mol. The van der Waals surface area contributed by atoms with Gasteiger partial charge in [0.05, 0.1) is 11.7 Å². The summed E-state index contributed by atoms with van der Waals surface area (Å²) in [5.41, 5.74) is 4.54. The Morgan fingerprint density at radius 3 is 2.74 bits per heavy atom. The Morgan fingerprint density at radius 2 is 2.00 bits per heavy atom. The molecule has 3 nitrogen and oxygen atoms in total. The number of hydrogen-bond acceptors (Lipinski definition) is 2. The van der Waals surface area contributed by atoms with E-state index < -0.39 is 0 Å². The fourth-order valence-corrected chi connectivity index (χ4v) is 2.38. The van der Waals surface area contributed by atoms with Crippen LogP contribution in [0, 0.1) is 0 Å². The quantitative estimate of drug-likeness (QED) is 0.655. The number of nitrogens with zero attached hydrogens (tertiary/aromatic N) is 3. The third-order valence-electron chi connectivity index (χ3n) is 3.23. The molecule has 4 heteroatoms. The zero-order chi connectivity index (χ0) is 13.4. The highest BCUT2D eigenvalue weighted by Crippen LogP contribution is 2.25. The minimum Gasteiger partial charge on any atom is -0.245 e. The zero-order valence-electron chi connectivity index (χ0n) is 10.8. The smallest absolute Gasteiger partial charge is 0.129 e.